The van der Waals surface area contributed by atoms with E-state index in [1.807, 2.05) is 18.7 Å². The molecule has 0 aliphatic carbocycles. The molecule has 1 saturated heterocycles. The predicted octanol–water partition coefficient (Wildman–Crippen LogP) is 3.24. The molecule has 0 bridgehead atoms. The van der Waals surface area contributed by atoms with Gasteiger partial charge in [0.15, 0.2) is 0 Å². The summed E-state index contributed by atoms with van der Waals surface area (Å²) in [5.41, 5.74) is 7.66. The van der Waals surface area contributed by atoms with Gasteiger partial charge in [0.05, 0.1) is 0 Å². The van der Waals surface area contributed by atoms with Gasteiger partial charge < -0.3 is 10.6 Å². The SMILES string of the molecule is CC(=CC(=O)N1CCCC(C(C)N)C1)c1ccc(F)cc1.Cl. The minimum Gasteiger partial charge on any atom is -0.339 e. The second kappa shape index (κ2) is 8.30. The lowest BCUT2D eigenvalue weighted by Gasteiger charge is -2.34. The first-order chi connectivity index (χ1) is 9.97. The third-order valence-electron chi connectivity index (χ3n) is 4.15. The molecule has 2 N–H and O–H groups in total. The summed E-state index contributed by atoms with van der Waals surface area (Å²) in [5.74, 6) is 0.123. The van der Waals surface area contributed by atoms with Crippen LogP contribution in [0.2, 0.25) is 0 Å². The van der Waals surface area contributed by atoms with Crippen molar-refractivity contribution in [2.45, 2.75) is 32.7 Å². The van der Waals surface area contributed by atoms with Crippen molar-refractivity contribution in [3.8, 4) is 0 Å². The number of allylic oxidation sites excluding steroid dienone is 1. The van der Waals surface area contributed by atoms with E-state index < -0.39 is 0 Å². The van der Waals surface area contributed by atoms with Crippen LogP contribution in [0.25, 0.3) is 5.57 Å². The van der Waals surface area contributed by atoms with E-state index in [1.165, 1.54) is 12.1 Å². The molecule has 2 atom stereocenters. The van der Waals surface area contributed by atoms with Crippen LogP contribution in [-0.2, 0) is 4.79 Å². The van der Waals surface area contributed by atoms with E-state index in [-0.39, 0.29) is 30.2 Å². The molecule has 122 valence electrons. The third kappa shape index (κ3) is 4.82. The minimum absolute atomic E-state index is 0. The smallest absolute Gasteiger partial charge is 0.246 e. The van der Waals surface area contributed by atoms with Gasteiger partial charge in [-0.25, -0.2) is 4.39 Å². The number of nitrogens with two attached hydrogens (primary N) is 1. The Morgan fingerprint density at radius 1 is 1.41 bits per heavy atom. The number of hydrogen-bond acceptors (Lipinski definition) is 2. The standard InChI is InChI=1S/C17H23FN2O.ClH/c1-12(14-5-7-16(18)8-6-14)10-17(21)20-9-3-4-15(11-20)13(2)19;/h5-8,10,13,15H,3-4,9,11,19H2,1-2H3;1H. The van der Waals surface area contributed by atoms with Crippen LogP contribution in [0.15, 0.2) is 30.3 Å². The molecule has 1 aliphatic rings. The Kier molecular flexibility index (Phi) is 7.04. The third-order valence-corrected chi connectivity index (χ3v) is 4.15. The quantitative estimate of drug-likeness (QED) is 0.867. The highest BCUT2D eigenvalue weighted by atomic mass is 35.5. The highest BCUT2D eigenvalue weighted by molar-refractivity contribution is 5.94. The van der Waals surface area contributed by atoms with Gasteiger partial charge in [-0.3, -0.25) is 4.79 Å². The first kappa shape index (κ1) is 18.7. The Labute approximate surface area is 137 Å². The maximum atomic E-state index is 12.9. The van der Waals surface area contributed by atoms with Crippen molar-refractivity contribution < 1.29 is 9.18 Å². The molecule has 2 rings (SSSR count). The maximum absolute atomic E-state index is 12.9. The zero-order valence-electron chi connectivity index (χ0n) is 13.1. The van der Waals surface area contributed by atoms with Crippen LogP contribution in [0.3, 0.4) is 0 Å². The van der Waals surface area contributed by atoms with E-state index in [1.54, 1.807) is 18.2 Å². The summed E-state index contributed by atoms with van der Waals surface area (Å²) in [4.78, 5) is 14.2. The van der Waals surface area contributed by atoms with Crippen LogP contribution in [-0.4, -0.2) is 29.9 Å². The first-order valence-electron chi connectivity index (χ1n) is 7.46. The van der Waals surface area contributed by atoms with E-state index in [0.717, 1.165) is 37.1 Å². The molecule has 3 nitrogen and oxygen atoms in total. The molecule has 1 heterocycles. The summed E-state index contributed by atoms with van der Waals surface area (Å²) in [6.07, 6.45) is 3.72. The van der Waals surface area contributed by atoms with Crippen molar-refractivity contribution in [2.24, 2.45) is 11.7 Å². The summed E-state index contributed by atoms with van der Waals surface area (Å²) in [7, 11) is 0. The van der Waals surface area contributed by atoms with Crippen molar-refractivity contribution in [3.63, 3.8) is 0 Å². The summed E-state index contributed by atoms with van der Waals surface area (Å²) < 4.78 is 12.9. The number of rotatable bonds is 3. The minimum atomic E-state index is -0.270. The molecule has 0 spiro atoms. The van der Waals surface area contributed by atoms with Crippen LogP contribution in [0.4, 0.5) is 4.39 Å². The average molecular weight is 327 g/mol. The van der Waals surface area contributed by atoms with Crippen molar-refractivity contribution in [3.05, 3.63) is 41.7 Å². The zero-order valence-corrected chi connectivity index (χ0v) is 13.9. The molecular weight excluding hydrogens is 303 g/mol. The molecule has 1 aromatic carbocycles. The van der Waals surface area contributed by atoms with Gasteiger partial charge in [-0.15, -0.1) is 12.4 Å². The van der Waals surface area contributed by atoms with Crippen LogP contribution in [0.5, 0.6) is 0 Å². The highest BCUT2D eigenvalue weighted by Crippen LogP contribution is 2.20. The molecule has 1 aliphatic heterocycles. The Balaban J connectivity index is 0.00000242. The molecular formula is C17H24ClFN2O. The lowest BCUT2D eigenvalue weighted by Crippen LogP contribution is -2.44. The molecule has 22 heavy (non-hydrogen) atoms. The van der Waals surface area contributed by atoms with E-state index in [4.69, 9.17) is 5.73 Å². The summed E-state index contributed by atoms with van der Waals surface area (Å²) in [6.45, 7) is 5.38. The fraction of sp³-hybridized carbons (Fsp3) is 0.471. The Bertz CT molecular complexity index is 528. The molecule has 0 radical (unpaired) electrons. The van der Waals surface area contributed by atoms with Gasteiger partial charge in [-0.1, -0.05) is 12.1 Å². The van der Waals surface area contributed by atoms with Crippen LogP contribution in [0, 0.1) is 11.7 Å². The fourth-order valence-electron chi connectivity index (χ4n) is 2.71. The number of hydrogen-bond donors (Lipinski definition) is 1. The lowest BCUT2D eigenvalue weighted by atomic mass is 9.92. The van der Waals surface area contributed by atoms with E-state index >= 15 is 0 Å². The monoisotopic (exact) mass is 326 g/mol. The molecule has 2 unspecified atom stereocenters. The predicted molar refractivity (Wildman–Crippen MR) is 90.3 cm³/mol. The van der Waals surface area contributed by atoms with Gasteiger partial charge in [0, 0.05) is 25.2 Å². The Morgan fingerprint density at radius 3 is 2.64 bits per heavy atom. The van der Waals surface area contributed by atoms with Gasteiger partial charge in [0.25, 0.3) is 0 Å². The van der Waals surface area contributed by atoms with Gasteiger partial charge in [0.1, 0.15) is 5.82 Å². The highest BCUT2D eigenvalue weighted by Gasteiger charge is 2.24. The topological polar surface area (TPSA) is 46.3 Å². The first-order valence-corrected chi connectivity index (χ1v) is 7.46. The van der Waals surface area contributed by atoms with E-state index in [9.17, 15) is 9.18 Å². The number of amides is 1. The summed E-state index contributed by atoms with van der Waals surface area (Å²) in [6, 6.07) is 6.31. The summed E-state index contributed by atoms with van der Waals surface area (Å²) >= 11 is 0. The molecule has 5 heteroatoms. The van der Waals surface area contributed by atoms with Crippen LogP contribution in [0.1, 0.15) is 32.3 Å². The lowest BCUT2D eigenvalue weighted by molar-refractivity contribution is -0.127. The van der Waals surface area contributed by atoms with Crippen molar-refractivity contribution in [1.82, 2.24) is 4.90 Å². The summed E-state index contributed by atoms with van der Waals surface area (Å²) in [5, 5.41) is 0. The normalized spacial score (nSPS) is 20.3. The number of carbonyl (C=O) groups is 1. The van der Waals surface area contributed by atoms with Crippen molar-refractivity contribution >= 4 is 23.9 Å². The largest absolute Gasteiger partial charge is 0.339 e. The van der Waals surface area contributed by atoms with Gasteiger partial charge >= 0.3 is 0 Å². The van der Waals surface area contributed by atoms with Crippen LogP contribution >= 0.6 is 12.4 Å². The second-order valence-electron chi connectivity index (χ2n) is 5.88. The van der Waals surface area contributed by atoms with E-state index in [0.29, 0.717) is 5.92 Å². The fourth-order valence-corrected chi connectivity index (χ4v) is 2.71. The van der Waals surface area contributed by atoms with Gasteiger partial charge in [0.2, 0.25) is 5.91 Å². The molecule has 1 amide bonds. The molecule has 1 fully saturated rings. The maximum Gasteiger partial charge on any atom is 0.246 e. The number of benzene rings is 1. The molecule has 0 aromatic heterocycles. The second-order valence-corrected chi connectivity index (χ2v) is 5.88. The Morgan fingerprint density at radius 2 is 2.05 bits per heavy atom. The zero-order chi connectivity index (χ0) is 15.4. The van der Waals surface area contributed by atoms with Gasteiger partial charge in [-0.2, -0.15) is 0 Å². The average Bonchev–Trinajstić information content (AvgIpc) is 2.48. The molecule has 1 aromatic rings. The number of halogens is 2. The van der Waals surface area contributed by atoms with Gasteiger partial charge in [-0.05, 0) is 55.9 Å². The van der Waals surface area contributed by atoms with Crippen molar-refractivity contribution in [2.75, 3.05) is 13.1 Å². The van der Waals surface area contributed by atoms with E-state index in [2.05, 4.69) is 0 Å². The molecule has 0 saturated carbocycles. The van der Waals surface area contributed by atoms with Crippen LogP contribution < -0.4 is 5.73 Å². The Hall–Kier alpha value is -1.39. The number of likely N-dealkylation sites (tertiary alicyclic amines) is 1. The number of piperidine rings is 1. The number of carbonyl (C=O) groups excluding carboxylic acids is 1. The number of nitrogens with zero attached hydrogens (tertiary/aromatic N) is 1. The van der Waals surface area contributed by atoms with Crippen molar-refractivity contribution in [1.29, 1.82) is 0 Å².